The van der Waals surface area contributed by atoms with Crippen LogP contribution in [0.15, 0.2) is 0 Å². The van der Waals surface area contributed by atoms with E-state index in [9.17, 15) is 0 Å². The zero-order valence-electron chi connectivity index (χ0n) is 7.61. The molecule has 0 amide bonds. The highest BCUT2D eigenvalue weighted by Gasteiger charge is 2.13. The third-order valence-corrected chi connectivity index (χ3v) is 1.58. The average molecular weight is 152 g/mol. The van der Waals surface area contributed by atoms with E-state index in [1.165, 1.54) is 0 Å². The Morgan fingerprint density at radius 2 is 2.09 bits per heavy atom. The van der Waals surface area contributed by atoms with E-state index in [1.54, 1.807) is 0 Å². The number of hydrogen-bond donors (Lipinski definition) is 0. The molecule has 1 atom stereocenters. The summed E-state index contributed by atoms with van der Waals surface area (Å²) in [5.74, 6) is 6.97. The highest BCUT2D eigenvalue weighted by molar-refractivity contribution is 5.10. The van der Waals surface area contributed by atoms with E-state index in [0.717, 1.165) is 19.6 Å². The molecule has 0 bridgehead atoms. The zero-order chi connectivity index (χ0) is 8.32. The predicted octanol–water partition coefficient (Wildman–Crippen LogP) is 2.07. The summed E-state index contributed by atoms with van der Waals surface area (Å²) < 4.78 is 5.22. The van der Waals surface area contributed by atoms with Crippen LogP contribution in [0.1, 0.15) is 27.2 Å². The van der Waals surface area contributed by atoms with Gasteiger partial charge in [0.25, 0.3) is 0 Å². The summed E-state index contributed by atoms with van der Waals surface area (Å²) in [4.78, 5) is 0. The second-order valence-electron chi connectivity index (χ2n) is 4.08. The van der Waals surface area contributed by atoms with Crippen molar-refractivity contribution in [2.45, 2.75) is 27.2 Å². The van der Waals surface area contributed by atoms with Gasteiger partial charge >= 0.3 is 0 Å². The summed E-state index contributed by atoms with van der Waals surface area (Å²) >= 11 is 0. The molecule has 1 unspecified atom stereocenters. The number of hydrogen-bond acceptors (Lipinski definition) is 1. The maximum Gasteiger partial charge on any atom is 0.0604 e. The van der Waals surface area contributed by atoms with E-state index in [4.69, 9.17) is 4.74 Å². The number of ether oxygens (including phenoxy) is 1. The fraction of sp³-hybridized carbons (Fsp3) is 0.800. The lowest BCUT2D eigenvalue weighted by Gasteiger charge is -2.07. The van der Waals surface area contributed by atoms with E-state index in [-0.39, 0.29) is 5.41 Å². The van der Waals surface area contributed by atoms with Crippen LogP contribution in [-0.4, -0.2) is 13.2 Å². The average Bonchev–Trinajstić information content (AvgIpc) is 2.32. The van der Waals surface area contributed by atoms with Gasteiger partial charge in [-0.25, -0.2) is 0 Å². The van der Waals surface area contributed by atoms with Gasteiger partial charge in [0, 0.05) is 17.9 Å². The van der Waals surface area contributed by atoms with Crippen molar-refractivity contribution in [2.75, 3.05) is 13.2 Å². The Balaban J connectivity index is 2.42. The molecule has 0 aromatic rings. The standard InChI is InChI=1S/C10H16O/c1-10(2,3)6-4-9-5-7-11-8-9/h9H,5,7-8H2,1-3H3. The molecule has 62 valence electrons. The first kappa shape index (κ1) is 8.62. The van der Waals surface area contributed by atoms with Crippen LogP contribution in [0.4, 0.5) is 0 Å². The van der Waals surface area contributed by atoms with E-state index in [2.05, 4.69) is 32.6 Å². The minimum Gasteiger partial charge on any atom is -0.380 e. The Morgan fingerprint density at radius 3 is 2.55 bits per heavy atom. The third-order valence-electron chi connectivity index (χ3n) is 1.58. The molecule has 1 fully saturated rings. The van der Waals surface area contributed by atoms with Gasteiger partial charge in [0.1, 0.15) is 0 Å². The molecule has 1 rings (SSSR count). The molecular weight excluding hydrogens is 136 g/mol. The minimum absolute atomic E-state index is 0.141. The van der Waals surface area contributed by atoms with Gasteiger partial charge < -0.3 is 4.74 Å². The predicted molar refractivity (Wildman–Crippen MR) is 46.2 cm³/mol. The topological polar surface area (TPSA) is 9.23 Å². The van der Waals surface area contributed by atoms with Gasteiger partial charge in [0.05, 0.1) is 6.61 Å². The quantitative estimate of drug-likeness (QED) is 0.483. The van der Waals surface area contributed by atoms with Crippen LogP contribution in [0.3, 0.4) is 0 Å². The van der Waals surface area contributed by atoms with Crippen molar-refractivity contribution in [3.8, 4) is 11.8 Å². The van der Waals surface area contributed by atoms with Crippen LogP contribution in [0.25, 0.3) is 0 Å². The van der Waals surface area contributed by atoms with E-state index >= 15 is 0 Å². The first-order valence-corrected chi connectivity index (χ1v) is 4.18. The molecule has 0 spiro atoms. The molecule has 1 aliphatic rings. The van der Waals surface area contributed by atoms with E-state index in [0.29, 0.717) is 5.92 Å². The van der Waals surface area contributed by atoms with Gasteiger partial charge in [-0.05, 0) is 27.2 Å². The molecule has 1 nitrogen and oxygen atoms in total. The fourth-order valence-electron chi connectivity index (χ4n) is 0.967. The van der Waals surface area contributed by atoms with E-state index in [1.807, 2.05) is 0 Å². The normalized spacial score (nSPS) is 24.5. The van der Waals surface area contributed by atoms with Crippen molar-refractivity contribution in [2.24, 2.45) is 11.3 Å². The van der Waals surface area contributed by atoms with E-state index < -0.39 is 0 Å². The zero-order valence-corrected chi connectivity index (χ0v) is 7.61. The van der Waals surface area contributed by atoms with Crippen LogP contribution >= 0.6 is 0 Å². The smallest absolute Gasteiger partial charge is 0.0604 e. The first-order chi connectivity index (χ1) is 5.08. The second kappa shape index (κ2) is 3.28. The van der Waals surface area contributed by atoms with Gasteiger partial charge in [-0.2, -0.15) is 0 Å². The molecule has 11 heavy (non-hydrogen) atoms. The molecule has 0 aromatic heterocycles. The van der Waals surface area contributed by atoms with Crippen molar-refractivity contribution in [3.05, 3.63) is 0 Å². The summed E-state index contributed by atoms with van der Waals surface area (Å²) in [5, 5.41) is 0. The summed E-state index contributed by atoms with van der Waals surface area (Å²) in [6.45, 7) is 8.13. The summed E-state index contributed by atoms with van der Waals surface area (Å²) in [6.07, 6.45) is 1.11. The van der Waals surface area contributed by atoms with Crippen molar-refractivity contribution in [1.82, 2.24) is 0 Å². The van der Waals surface area contributed by atoms with Gasteiger partial charge in [0.2, 0.25) is 0 Å². The van der Waals surface area contributed by atoms with Crippen LogP contribution in [0, 0.1) is 23.2 Å². The first-order valence-electron chi connectivity index (χ1n) is 4.18. The Bertz CT molecular complexity index is 171. The molecule has 0 aromatic carbocycles. The SMILES string of the molecule is CC(C)(C)C#CC1CCOC1. The molecule has 1 saturated heterocycles. The Labute approximate surface area is 69.1 Å². The summed E-state index contributed by atoms with van der Waals surface area (Å²) in [6, 6.07) is 0. The van der Waals surface area contributed by atoms with Crippen LogP contribution in [0.2, 0.25) is 0 Å². The molecule has 0 aliphatic carbocycles. The third kappa shape index (κ3) is 3.43. The minimum atomic E-state index is 0.141. The fourth-order valence-corrected chi connectivity index (χ4v) is 0.967. The largest absolute Gasteiger partial charge is 0.380 e. The molecule has 0 N–H and O–H groups in total. The van der Waals surface area contributed by atoms with Crippen LogP contribution in [0.5, 0.6) is 0 Å². The summed E-state index contributed by atoms with van der Waals surface area (Å²) in [5.41, 5.74) is 0.141. The lowest BCUT2D eigenvalue weighted by molar-refractivity contribution is 0.192. The molecular formula is C10H16O. The van der Waals surface area contributed by atoms with Crippen molar-refractivity contribution >= 4 is 0 Å². The summed E-state index contributed by atoms with van der Waals surface area (Å²) in [7, 11) is 0. The highest BCUT2D eigenvalue weighted by Crippen LogP contribution is 2.14. The van der Waals surface area contributed by atoms with Gasteiger partial charge in [-0.3, -0.25) is 0 Å². The maximum atomic E-state index is 5.22. The van der Waals surface area contributed by atoms with Gasteiger partial charge in [-0.1, -0.05) is 11.8 Å². The number of rotatable bonds is 0. The molecule has 0 saturated carbocycles. The Kier molecular flexibility index (Phi) is 2.57. The maximum absolute atomic E-state index is 5.22. The van der Waals surface area contributed by atoms with Crippen LogP contribution in [-0.2, 0) is 4.74 Å². The highest BCUT2D eigenvalue weighted by atomic mass is 16.5. The molecule has 1 heterocycles. The van der Waals surface area contributed by atoms with Gasteiger partial charge in [-0.15, -0.1) is 0 Å². The van der Waals surface area contributed by atoms with Gasteiger partial charge in [0.15, 0.2) is 0 Å². The monoisotopic (exact) mass is 152 g/mol. The lowest BCUT2D eigenvalue weighted by Crippen LogP contribution is -2.02. The second-order valence-corrected chi connectivity index (χ2v) is 4.08. The Morgan fingerprint density at radius 1 is 1.36 bits per heavy atom. The molecule has 1 aliphatic heterocycles. The van der Waals surface area contributed by atoms with Crippen molar-refractivity contribution in [1.29, 1.82) is 0 Å². The Hall–Kier alpha value is -0.480. The van der Waals surface area contributed by atoms with Crippen molar-refractivity contribution < 1.29 is 4.74 Å². The van der Waals surface area contributed by atoms with Crippen molar-refractivity contribution in [3.63, 3.8) is 0 Å². The lowest BCUT2D eigenvalue weighted by atomic mass is 9.96. The van der Waals surface area contributed by atoms with Crippen LogP contribution < -0.4 is 0 Å². The molecule has 1 heteroatoms. The molecule has 0 radical (unpaired) electrons.